The largest absolute Gasteiger partial charge is 0.378 e. The second-order valence-electron chi connectivity index (χ2n) is 5.16. The SMILES string of the molecule is CC(C)(C)n1cc(CNc2ccccc2I)nn1. The molecule has 0 radical (unpaired) electrons. The Labute approximate surface area is 121 Å². The van der Waals surface area contributed by atoms with Gasteiger partial charge in [-0.3, -0.25) is 0 Å². The molecule has 0 spiro atoms. The van der Waals surface area contributed by atoms with Crippen molar-refractivity contribution in [2.75, 3.05) is 5.32 Å². The van der Waals surface area contributed by atoms with Crippen molar-refractivity contribution in [3.63, 3.8) is 0 Å². The van der Waals surface area contributed by atoms with Gasteiger partial charge in [0.15, 0.2) is 0 Å². The third-order valence-corrected chi connectivity index (χ3v) is 3.50. The highest BCUT2D eigenvalue weighted by atomic mass is 127. The molecule has 0 amide bonds. The van der Waals surface area contributed by atoms with Gasteiger partial charge >= 0.3 is 0 Å². The number of anilines is 1. The summed E-state index contributed by atoms with van der Waals surface area (Å²) in [5.41, 5.74) is 2.06. The maximum atomic E-state index is 4.18. The second kappa shape index (κ2) is 5.26. The molecule has 2 aromatic rings. The first-order chi connectivity index (χ1) is 8.47. The van der Waals surface area contributed by atoms with Gasteiger partial charge in [-0.2, -0.15) is 0 Å². The Morgan fingerprint density at radius 1 is 1.28 bits per heavy atom. The van der Waals surface area contributed by atoms with Gasteiger partial charge in [-0.25, -0.2) is 4.68 Å². The summed E-state index contributed by atoms with van der Waals surface area (Å²) in [6.07, 6.45) is 1.99. The zero-order chi connectivity index (χ0) is 13.2. The van der Waals surface area contributed by atoms with Crippen molar-refractivity contribution < 1.29 is 0 Å². The van der Waals surface area contributed by atoms with E-state index in [1.165, 1.54) is 3.57 Å². The van der Waals surface area contributed by atoms with Crippen LogP contribution in [0.1, 0.15) is 26.5 Å². The van der Waals surface area contributed by atoms with Crippen LogP contribution in [0.3, 0.4) is 0 Å². The Bertz CT molecular complexity index is 528. The summed E-state index contributed by atoms with van der Waals surface area (Å²) in [4.78, 5) is 0. The average Bonchev–Trinajstić information content (AvgIpc) is 2.76. The molecule has 96 valence electrons. The minimum absolute atomic E-state index is 0.0214. The molecule has 18 heavy (non-hydrogen) atoms. The van der Waals surface area contributed by atoms with E-state index >= 15 is 0 Å². The van der Waals surface area contributed by atoms with Gasteiger partial charge in [0.05, 0.1) is 18.3 Å². The van der Waals surface area contributed by atoms with Gasteiger partial charge in [-0.05, 0) is 55.5 Å². The first-order valence-corrected chi connectivity index (χ1v) is 6.95. The maximum Gasteiger partial charge on any atom is 0.102 e. The van der Waals surface area contributed by atoms with Crippen LogP contribution < -0.4 is 5.32 Å². The predicted molar refractivity (Wildman–Crippen MR) is 81.5 cm³/mol. The summed E-state index contributed by atoms with van der Waals surface area (Å²) in [6, 6.07) is 8.20. The van der Waals surface area contributed by atoms with Crippen molar-refractivity contribution in [3.05, 3.63) is 39.7 Å². The molecule has 1 aromatic heterocycles. The van der Waals surface area contributed by atoms with Crippen LogP contribution in [0.15, 0.2) is 30.5 Å². The number of para-hydroxylation sites is 1. The highest BCUT2D eigenvalue weighted by molar-refractivity contribution is 14.1. The van der Waals surface area contributed by atoms with Gasteiger partial charge in [0.2, 0.25) is 0 Å². The Morgan fingerprint density at radius 3 is 2.61 bits per heavy atom. The van der Waals surface area contributed by atoms with Crippen molar-refractivity contribution >= 4 is 28.3 Å². The van der Waals surface area contributed by atoms with E-state index in [1.807, 2.05) is 23.0 Å². The smallest absolute Gasteiger partial charge is 0.102 e. The van der Waals surface area contributed by atoms with Crippen molar-refractivity contribution in [3.8, 4) is 0 Å². The molecule has 0 aliphatic carbocycles. The van der Waals surface area contributed by atoms with Crippen molar-refractivity contribution in [2.24, 2.45) is 0 Å². The molecule has 0 bridgehead atoms. The molecule has 0 atom stereocenters. The minimum atomic E-state index is -0.0214. The van der Waals surface area contributed by atoms with Gasteiger partial charge in [0.25, 0.3) is 0 Å². The van der Waals surface area contributed by atoms with Gasteiger partial charge < -0.3 is 5.32 Å². The van der Waals surface area contributed by atoms with Gasteiger partial charge in [-0.1, -0.05) is 17.3 Å². The summed E-state index contributed by atoms with van der Waals surface area (Å²) in [6.45, 7) is 7.02. The van der Waals surface area contributed by atoms with Crippen molar-refractivity contribution in [1.29, 1.82) is 0 Å². The van der Waals surface area contributed by atoms with Gasteiger partial charge in [-0.15, -0.1) is 5.10 Å². The lowest BCUT2D eigenvalue weighted by atomic mass is 10.1. The average molecular weight is 356 g/mol. The third-order valence-electron chi connectivity index (χ3n) is 2.56. The highest BCUT2D eigenvalue weighted by Gasteiger charge is 2.14. The van der Waals surface area contributed by atoms with E-state index in [1.54, 1.807) is 0 Å². The molecule has 0 unspecified atom stereocenters. The Kier molecular flexibility index (Phi) is 3.89. The van der Waals surface area contributed by atoms with Crippen LogP contribution >= 0.6 is 22.6 Å². The third kappa shape index (κ3) is 3.22. The first kappa shape index (κ1) is 13.3. The molecular formula is C13H17IN4. The minimum Gasteiger partial charge on any atom is -0.378 e. The highest BCUT2D eigenvalue weighted by Crippen LogP contribution is 2.18. The molecule has 0 saturated heterocycles. The van der Waals surface area contributed by atoms with Crippen molar-refractivity contribution in [2.45, 2.75) is 32.9 Å². The first-order valence-electron chi connectivity index (χ1n) is 5.87. The Hall–Kier alpha value is -1.11. The fourth-order valence-electron chi connectivity index (χ4n) is 1.50. The number of benzene rings is 1. The molecule has 1 N–H and O–H groups in total. The van der Waals surface area contributed by atoms with Gasteiger partial charge in [0.1, 0.15) is 5.69 Å². The molecule has 0 saturated carbocycles. The van der Waals surface area contributed by atoms with E-state index in [4.69, 9.17) is 0 Å². The lowest BCUT2D eigenvalue weighted by Crippen LogP contribution is -2.22. The quantitative estimate of drug-likeness (QED) is 0.859. The monoisotopic (exact) mass is 356 g/mol. The number of hydrogen-bond acceptors (Lipinski definition) is 3. The molecule has 0 fully saturated rings. The van der Waals surface area contributed by atoms with Crippen LogP contribution in [-0.4, -0.2) is 15.0 Å². The normalized spacial score (nSPS) is 11.6. The lowest BCUT2D eigenvalue weighted by Gasteiger charge is -2.17. The Morgan fingerprint density at radius 2 is 2.00 bits per heavy atom. The summed E-state index contributed by atoms with van der Waals surface area (Å²) < 4.78 is 3.10. The zero-order valence-electron chi connectivity index (χ0n) is 10.8. The van der Waals surface area contributed by atoms with E-state index in [9.17, 15) is 0 Å². The summed E-state index contributed by atoms with van der Waals surface area (Å²) in [7, 11) is 0. The van der Waals surface area contributed by atoms with Crippen LogP contribution in [0.25, 0.3) is 0 Å². The van der Waals surface area contributed by atoms with E-state index in [0.29, 0.717) is 6.54 Å². The maximum absolute atomic E-state index is 4.18. The van der Waals surface area contributed by atoms with Crippen LogP contribution in [0.2, 0.25) is 0 Å². The number of halogens is 1. The van der Waals surface area contributed by atoms with E-state index < -0.39 is 0 Å². The standard InChI is InChI=1S/C13H17IN4/c1-13(2,3)18-9-10(16-17-18)8-15-12-7-5-4-6-11(12)14/h4-7,9,15H,8H2,1-3H3. The number of aromatic nitrogens is 3. The predicted octanol–water partition coefficient (Wildman–Crippen LogP) is 3.25. The van der Waals surface area contributed by atoms with Crippen LogP contribution in [0.4, 0.5) is 5.69 Å². The van der Waals surface area contributed by atoms with E-state index in [0.717, 1.165) is 11.4 Å². The molecule has 5 heteroatoms. The van der Waals surface area contributed by atoms with Crippen molar-refractivity contribution in [1.82, 2.24) is 15.0 Å². The fraction of sp³-hybridized carbons (Fsp3) is 0.385. The molecule has 1 aromatic carbocycles. The summed E-state index contributed by atoms with van der Waals surface area (Å²) in [5.74, 6) is 0. The van der Waals surface area contributed by atoms with Crippen LogP contribution in [0.5, 0.6) is 0 Å². The molecule has 0 aliphatic heterocycles. The number of nitrogens with one attached hydrogen (secondary N) is 1. The summed E-state index contributed by atoms with van der Waals surface area (Å²) >= 11 is 2.32. The van der Waals surface area contributed by atoms with Crippen LogP contribution in [0, 0.1) is 3.57 Å². The number of rotatable bonds is 3. The molecule has 2 rings (SSSR count). The molecule has 1 heterocycles. The number of hydrogen-bond donors (Lipinski definition) is 1. The molecule has 0 aliphatic rings. The van der Waals surface area contributed by atoms with Crippen LogP contribution in [-0.2, 0) is 12.1 Å². The second-order valence-corrected chi connectivity index (χ2v) is 6.32. The topological polar surface area (TPSA) is 42.7 Å². The molecule has 4 nitrogen and oxygen atoms in total. The van der Waals surface area contributed by atoms with E-state index in [-0.39, 0.29) is 5.54 Å². The fourth-order valence-corrected chi connectivity index (χ4v) is 2.08. The number of nitrogens with zero attached hydrogens (tertiary/aromatic N) is 3. The molecular weight excluding hydrogens is 339 g/mol. The Balaban J connectivity index is 2.03. The zero-order valence-corrected chi connectivity index (χ0v) is 13.0. The summed E-state index contributed by atoms with van der Waals surface area (Å²) in [5, 5.41) is 11.7. The van der Waals surface area contributed by atoms with Gasteiger partial charge in [0, 0.05) is 9.26 Å². The van der Waals surface area contributed by atoms with E-state index in [2.05, 4.69) is 71.1 Å². The lowest BCUT2D eigenvalue weighted by molar-refractivity contribution is 0.347.